The number of fused-ring (bicyclic) bond motifs is 1. The highest BCUT2D eigenvalue weighted by Gasteiger charge is 2.33. The van der Waals surface area contributed by atoms with Gasteiger partial charge in [-0.3, -0.25) is 0 Å². The van der Waals surface area contributed by atoms with Gasteiger partial charge in [0, 0.05) is 35.9 Å². The van der Waals surface area contributed by atoms with E-state index in [2.05, 4.69) is 34.1 Å². The third-order valence-electron chi connectivity index (χ3n) is 4.01. The zero-order valence-electron chi connectivity index (χ0n) is 13.0. The summed E-state index contributed by atoms with van der Waals surface area (Å²) in [7, 11) is 1.99. The van der Waals surface area contributed by atoms with Crippen LogP contribution >= 0.6 is 0 Å². The maximum absolute atomic E-state index is 4.73. The second kappa shape index (κ2) is 5.15. The Balaban J connectivity index is 2.02. The molecule has 1 atom stereocenters. The van der Waals surface area contributed by atoms with Crippen molar-refractivity contribution in [2.24, 2.45) is 5.41 Å². The molecule has 110 valence electrons. The van der Waals surface area contributed by atoms with Gasteiger partial charge >= 0.3 is 0 Å². The second-order valence-electron chi connectivity index (χ2n) is 6.57. The lowest BCUT2D eigenvalue weighted by Crippen LogP contribution is -2.32. The van der Waals surface area contributed by atoms with E-state index in [0.717, 1.165) is 24.1 Å². The number of nitrogens with zero attached hydrogens (tertiary/aromatic N) is 4. The molecule has 0 radical (unpaired) electrons. The van der Waals surface area contributed by atoms with Crippen LogP contribution in [0.4, 0.5) is 0 Å². The van der Waals surface area contributed by atoms with E-state index >= 15 is 0 Å². The minimum atomic E-state index is 0.237. The molecule has 5 nitrogen and oxygen atoms in total. The summed E-state index contributed by atoms with van der Waals surface area (Å²) in [5.41, 5.74) is 3.58. The first-order valence-corrected chi connectivity index (χ1v) is 7.30. The predicted molar refractivity (Wildman–Crippen MR) is 81.7 cm³/mol. The lowest BCUT2D eigenvalue weighted by atomic mass is 9.74. The van der Waals surface area contributed by atoms with Gasteiger partial charge < -0.3 is 5.32 Å². The van der Waals surface area contributed by atoms with Crippen LogP contribution in [-0.4, -0.2) is 27.0 Å². The van der Waals surface area contributed by atoms with E-state index in [4.69, 9.17) is 4.98 Å². The smallest absolute Gasteiger partial charge is 0.197 e. The Hall–Kier alpha value is -1.88. The molecule has 0 aliphatic heterocycles. The van der Waals surface area contributed by atoms with Gasteiger partial charge in [-0.15, -0.1) is 0 Å². The largest absolute Gasteiger partial charge is 0.313 e. The summed E-state index contributed by atoms with van der Waals surface area (Å²) in [4.78, 5) is 17.8. The van der Waals surface area contributed by atoms with Gasteiger partial charge in [0.25, 0.3) is 0 Å². The van der Waals surface area contributed by atoms with Crippen molar-refractivity contribution < 1.29 is 0 Å². The highest BCUT2D eigenvalue weighted by atomic mass is 15.0. The Kier molecular flexibility index (Phi) is 3.45. The fourth-order valence-corrected chi connectivity index (χ4v) is 2.92. The van der Waals surface area contributed by atoms with Gasteiger partial charge in [0.2, 0.25) is 0 Å². The number of aryl methyl sites for hydroxylation is 1. The molecule has 1 N–H and O–H groups in total. The Morgan fingerprint density at radius 2 is 1.76 bits per heavy atom. The average molecular weight is 283 g/mol. The first-order valence-electron chi connectivity index (χ1n) is 7.30. The molecule has 0 bridgehead atoms. The maximum atomic E-state index is 4.73. The number of nitrogens with one attached hydrogen (secondary N) is 1. The fraction of sp³-hybridized carbons (Fsp3) is 0.500. The van der Waals surface area contributed by atoms with Gasteiger partial charge in [0.1, 0.15) is 0 Å². The number of hydrogen-bond acceptors (Lipinski definition) is 5. The standard InChI is InChI=1S/C16H21N5/c1-10-7-18-14(19-8-10)15-20-9-11-12(17-4)5-16(2,3)6-13(11)21-15/h7-9,12,17H,5-6H2,1-4H3. The van der Waals surface area contributed by atoms with E-state index in [1.165, 1.54) is 5.56 Å². The van der Waals surface area contributed by atoms with Gasteiger partial charge in [0.15, 0.2) is 11.6 Å². The highest BCUT2D eigenvalue weighted by Crippen LogP contribution is 2.39. The van der Waals surface area contributed by atoms with Crippen molar-refractivity contribution in [3.8, 4) is 11.6 Å². The summed E-state index contributed by atoms with van der Waals surface area (Å²) in [5, 5.41) is 3.37. The summed E-state index contributed by atoms with van der Waals surface area (Å²) in [5.74, 6) is 1.20. The number of aromatic nitrogens is 4. The van der Waals surface area contributed by atoms with Gasteiger partial charge in [-0.05, 0) is 37.8 Å². The third kappa shape index (κ3) is 2.78. The van der Waals surface area contributed by atoms with E-state index < -0.39 is 0 Å². The minimum absolute atomic E-state index is 0.237. The minimum Gasteiger partial charge on any atom is -0.313 e. The SMILES string of the molecule is CNC1CC(C)(C)Cc2nc(-c3ncc(C)cn3)ncc21. The van der Waals surface area contributed by atoms with Crippen LogP contribution in [-0.2, 0) is 6.42 Å². The van der Waals surface area contributed by atoms with E-state index in [1.54, 1.807) is 12.4 Å². The molecule has 1 unspecified atom stereocenters. The molecule has 2 heterocycles. The van der Waals surface area contributed by atoms with Crippen LogP contribution in [0.1, 0.15) is 43.1 Å². The van der Waals surface area contributed by atoms with Crippen LogP contribution in [0.15, 0.2) is 18.6 Å². The van der Waals surface area contributed by atoms with Crippen LogP contribution in [0.5, 0.6) is 0 Å². The van der Waals surface area contributed by atoms with Gasteiger partial charge in [-0.2, -0.15) is 0 Å². The summed E-state index contributed by atoms with van der Waals surface area (Å²) in [6, 6.07) is 0.316. The first-order chi connectivity index (χ1) is 9.98. The Labute approximate surface area is 125 Å². The van der Waals surface area contributed by atoms with Crippen molar-refractivity contribution in [2.75, 3.05) is 7.05 Å². The zero-order valence-corrected chi connectivity index (χ0v) is 13.0. The van der Waals surface area contributed by atoms with Crippen molar-refractivity contribution >= 4 is 0 Å². The molecule has 0 spiro atoms. The van der Waals surface area contributed by atoms with Crippen molar-refractivity contribution in [3.63, 3.8) is 0 Å². The molecule has 0 saturated carbocycles. The van der Waals surface area contributed by atoms with Crippen LogP contribution < -0.4 is 5.32 Å². The number of hydrogen-bond donors (Lipinski definition) is 1. The van der Waals surface area contributed by atoms with E-state index in [0.29, 0.717) is 17.7 Å². The molecule has 2 aromatic heterocycles. The van der Waals surface area contributed by atoms with Crippen molar-refractivity contribution in [2.45, 2.75) is 39.7 Å². The molecule has 1 aliphatic rings. The topological polar surface area (TPSA) is 63.6 Å². The first kappa shape index (κ1) is 14.1. The lowest BCUT2D eigenvalue weighted by molar-refractivity contribution is 0.260. The average Bonchev–Trinajstić information content (AvgIpc) is 2.45. The molecule has 3 rings (SSSR count). The summed E-state index contributed by atoms with van der Waals surface area (Å²) in [6.07, 6.45) is 7.58. The number of rotatable bonds is 2. The van der Waals surface area contributed by atoms with Crippen LogP contribution in [0.3, 0.4) is 0 Å². The molecular formula is C16H21N5. The molecule has 0 fully saturated rings. The maximum Gasteiger partial charge on any atom is 0.197 e. The monoisotopic (exact) mass is 283 g/mol. The lowest BCUT2D eigenvalue weighted by Gasteiger charge is -2.36. The molecular weight excluding hydrogens is 262 g/mol. The molecule has 0 saturated heterocycles. The van der Waals surface area contributed by atoms with Crippen molar-refractivity contribution in [3.05, 3.63) is 35.4 Å². The van der Waals surface area contributed by atoms with E-state index in [9.17, 15) is 0 Å². The molecule has 21 heavy (non-hydrogen) atoms. The fourth-order valence-electron chi connectivity index (χ4n) is 2.92. The Morgan fingerprint density at radius 1 is 1.10 bits per heavy atom. The second-order valence-corrected chi connectivity index (χ2v) is 6.57. The molecule has 0 aromatic carbocycles. The quantitative estimate of drug-likeness (QED) is 0.917. The molecule has 2 aromatic rings. The third-order valence-corrected chi connectivity index (χ3v) is 4.01. The molecule has 0 amide bonds. The Bertz CT molecular complexity index is 648. The van der Waals surface area contributed by atoms with Crippen LogP contribution in [0, 0.1) is 12.3 Å². The highest BCUT2D eigenvalue weighted by molar-refractivity contribution is 5.44. The Morgan fingerprint density at radius 3 is 2.43 bits per heavy atom. The van der Waals surface area contributed by atoms with Crippen molar-refractivity contribution in [1.82, 2.24) is 25.3 Å². The van der Waals surface area contributed by atoms with Crippen LogP contribution in [0.25, 0.3) is 11.6 Å². The summed E-state index contributed by atoms with van der Waals surface area (Å²) >= 11 is 0. The predicted octanol–water partition coefficient (Wildman–Crippen LogP) is 2.47. The van der Waals surface area contributed by atoms with Gasteiger partial charge in [-0.1, -0.05) is 13.8 Å². The molecule has 5 heteroatoms. The molecule has 1 aliphatic carbocycles. The van der Waals surface area contributed by atoms with Crippen LogP contribution in [0.2, 0.25) is 0 Å². The summed E-state index contributed by atoms with van der Waals surface area (Å²) in [6.45, 7) is 6.53. The zero-order chi connectivity index (χ0) is 15.0. The normalized spacial score (nSPS) is 20.1. The van der Waals surface area contributed by atoms with Gasteiger partial charge in [0.05, 0.1) is 0 Å². The van der Waals surface area contributed by atoms with E-state index in [1.807, 2.05) is 20.2 Å². The van der Waals surface area contributed by atoms with Gasteiger partial charge in [-0.25, -0.2) is 19.9 Å². The summed E-state index contributed by atoms with van der Waals surface area (Å²) < 4.78 is 0. The van der Waals surface area contributed by atoms with Crippen molar-refractivity contribution in [1.29, 1.82) is 0 Å². The van der Waals surface area contributed by atoms with E-state index in [-0.39, 0.29) is 5.41 Å².